The molecule has 1 fully saturated rings. The van der Waals surface area contributed by atoms with Crippen molar-refractivity contribution in [3.8, 4) is 0 Å². The predicted octanol–water partition coefficient (Wildman–Crippen LogP) is 2.59. The van der Waals surface area contributed by atoms with Crippen molar-refractivity contribution in [2.75, 3.05) is 6.61 Å². The number of benzene rings is 1. The van der Waals surface area contributed by atoms with Crippen molar-refractivity contribution >= 4 is 11.0 Å². The van der Waals surface area contributed by atoms with Gasteiger partial charge in [0, 0.05) is 12.5 Å². The number of aromatic nitrogens is 2. The lowest BCUT2D eigenvalue weighted by atomic mass is 10.0. The predicted molar refractivity (Wildman–Crippen MR) is 58.8 cm³/mol. The normalized spacial score (nSPS) is 25.4. The highest BCUT2D eigenvalue weighted by Crippen LogP contribution is 2.30. The number of aromatic amines is 1. The molecule has 1 N–H and O–H groups in total. The highest BCUT2D eigenvalue weighted by Gasteiger charge is 2.28. The average molecular weight is 220 g/mol. The van der Waals surface area contributed by atoms with Gasteiger partial charge in [-0.25, -0.2) is 9.37 Å². The Labute approximate surface area is 92.6 Å². The van der Waals surface area contributed by atoms with Gasteiger partial charge in [-0.1, -0.05) is 0 Å². The lowest BCUT2D eigenvalue weighted by molar-refractivity contribution is 0.117. The van der Waals surface area contributed by atoms with Gasteiger partial charge in [0.1, 0.15) is 11.6 Å². The first-order valence-electron chi connectivity index (χ1n) is 5.51. The van der Waals surface area contributed by atoms with Crippen LogP contribution < -0.4 is 0 Å². The number of nitrogens with one attached hydrogen (secondary N) is 1. The monoisotopic (exact) mass is 220 g/mol. The van der Waals surface area contributed by atoms with Crippen LogP contribution in [0.15, 0.2) is 18.2 Å². The van der Waals surface area contributed by atoms with E-state index in [0.29, 0.717) is 5.92 Å². The van der Waals surface area contributed by atoms with Crippen molar-refractivity contribution in [3.63, 3.8) is 0 Å². The van der Waals surface area contributed by atoms with E-state index in [1.54, 1.807) is 6.07 Å². The van der Waals surface area contributed by atoms with Gasteiger partial charge >= 0.3 is 0 Å². The van der Waals surface area contributed by atoms with E-state index in [1.165, 1.54) is 12.1 Å². The lowest BCUT2D eigenvalue weighted by Gasteiger charge is -2.09. The Morgan fingerprint density at radius 3 is 3.12 bits per heavy atom. The molecule has 2 heterocycles. The maximum atomic E-state index is 13.0. The summed E-state index contributed by atoms with van der Waals surface area (Å²) in [6, 6.07) is 4.61. The van der Waals surface area contributed by atoms with Gasteiger partial charge < -0.3 is 9.72 Å². The molecule has 1 aromatic carbocycles. The van der Waals surface area contributed by atoms with Gasteiger partial charge in [-0.2, -0.15) is 0 Å². The van der Waals surface area contributed by atoms with Crippen LogP contribution in [0, 0.1) is 5.82 Å². The molecule has 0 saturated carbocycles. The summed E-state index contributed by atoms with van der Waals surface area (Å²) >= 11 is 0. The largest absolute Gasteiger partial charge is 0.378 e. The van der Waals surface area contributed by atoms with Crippen LogP contribution in [-0.2, 0) is 4.74 Å². The summed E-state index contributed by atoms with van der Waals surface area (Å²) < 4.78 is 18.5. The fourth-order valence-electron chi connectivity index (χ4n) is 2.27. The number of imidazole rings is 1. The van der Waals surface area contributed by atoms with E-state index >= 15 is 0 Å². The molecule has 1 aliphatic rings. The minimum Gasteiger partial charge on any atom is -0.378 e. The third-order valence-corrected chi connectivity index (χ3v) is 3.19. The maximum absolute atomic E-state index is 13.0. The van der Waals surface area contributed by atoms with Crippen molar-refractivity contribution in [3.05, 3.63) is 29.8 Å². The van der Waals surface area contributed by atoms with E-state index in [4.69, 9.17) is 4.74 Å². The molecule has 1 aliphatic heterocycles. The van der Waals surface area contributed by atoms with E-state index < -0.39 is 0 Å². The molecule has 2 atom stereocenters. The molecule has 0 bridgehead atoms. The smallest absolute Gasteiger partial charge is 0.125 e. The summed E-state index contributed by atoms with van der Waals surface area (Å²) in [6.45, 7) is 2.82. The fraction of sp³-hybridized carbons (Fsp3) is 0.417. The van der Waals surface area contributed by atoms with Crippen LogP contribution in [-0.4, -0.2) is 22.7 Å². The zero-order valence-corrected chi connectivity index (χ0v) is 9.03. The number of hydrogen-bond acceptors (Lipinski definition) is 2. The molecular formula is C12H13FN2O. The molecule has 16 heavy (non-hydrogen) atoms. The van der Waals surface area contributed by atoms with Crippen LogP contribution >= 0.6 is 0 Å². The summed E-state index contributed by atoms with van der Waals surface area (Å²) in [4.78, 5) is 7.66. The molecule has 84 valence electrons. The molecule has 1 saturated heterocycles. The van der Waals surface area contributed by atoms with Crippen LogP contribution in [0.25, 0.3) is 11.0 Å². The van der Waals surface area contributed by atoms with Crippen molar-refractivity contribution in [2.24, 2.45) is 0 Å². The van der Waals surface area contributed by atoms with Crippen molar-refractivity contribution < 1.29 is 9.13 Å². The number of ether oxygens (including phenoxy) is 1. The standard InChI is InChI=1S/C12H13FN2O/c1-7-9(4-5-16-7)12-14-10-3-2-8(13)6-11(10)15-12/h2-3,6-7,9H,4-5H2,1H3,(H,14,15). The van der Waals surface area contributed by atoms with E-state index in [0.717, 1.165) is 29.9 Å². The molecule has 2 unspecified atom stereocenters. The average Bonchev–Trinajstić information content (AvgIpc) is 2.82. The van der Waals surface area contributed by atoms with Gasteiger partial charge in [0.2, 0.25) is 0 Å². The lowest BCUT2D eigenvalue weighted by Crippen LogP contribution is -2.10. The number of hydrogen-bond donors (Lipinski definition) is 1. The second kappa shape index (κ2) is 3.56. The molecule has 3 nitrogen and oxygen atoms in total. The molecule has 2 aromatic rings. The number of halogens is 1. The molecule has 0 spiro atoms. The van der Waals surface area contributed by atoms with Gasteiger partial charge in [-0.3, -0.25) is 0 Å². The van der Waals surface area contributed by atoms with E-state index in [-0.39, 0.29) is 11.9 Å². The van der Waals surface area contributed by atoms with Gasteiger partial charge in [0.15, 0.2) is 0 Å². The topological polar surface area (TPSA) is 37.9 Å². The minimum absolute atomic E-state index is 0.186. The fourth-order valence-corrected chi connectivity index (χ4v) is 2.27. The van der Waals surface area contributed by atoms with Crippen LogP contribution in [0.2, 0.25) is 0 Å². The van der Waals surface area contributed by atoms with Crippen molar-refractivity contribution in [2.45, 2.75) is 25.4 Å². The maximum Gasteiger partial charge on any atom is 0.125 e. The summed E-state index contributed by atoms with van der Waals surface area (Å²) in [5.74, 6) is 0.972. The van der Waals surface area contributed by atoms with Crippen molar-refractivity contribution in [1.29, 1.82) is 0 Å². The first-order valence-corrected chi connectivity index (χ1v) is 5.51. The molecule has 3 rings (SSSR count). The SMILES string of the molecule is CC1OCCC1c1nc2ccc(F)cc2[nH]1. The van der Waals surface area contributed by atoms with Gasteiger partial charge in [0.05, 0.1) is 17.1 Å². The van der Waals surface area contributed by atoms with Crippen LogP contribution in [0.1, 0.15) is 25.1 Å². The third-order valence-electron chi connectivity index (χ3n) is 3.19. The Morgan fingerprint density at radius 2 is 2.38 bits per heavy atom. The Morgan fingerprint density at radius 1 is 1.50 bits per heavy atom. The Balaban J connectivity index is 2.04. The molecule has 1 aromatic heterocycles. The quantitative estimate of drug-likeness (QED) is 0.802. The molecular weight excluding hydrogens is 207 g/mol. The first-order chi connectivity index (χ1) is 7.74. The molecule has 0 aliphatic carbocycles. The Kier molecular flexibility index (Phi) is 2.17. The highest BCUT2D eigenvalue weighted by molar-refractivity contribution is 5.75. The number of nitrogens with zero attached hydrogens (tertiary/aromatic N) is 1. The molecule has 0 amide bonds. The summed E-state index contributed by atoms with van der Waals surface area (Å²) in [7, 11) is 0. The molecule has 4 heteroatoms. The first kappa shape index (κ1) is 9.78. The van der Waals surface area contributed by atoms with Crippen LogP contribution in [0.5, 0.6) is 0 Å². The summed E-state index contributed by atoms with van der Waals surface area (Å²) in [5.41, 5.74) is 1.57. The third kappa shape index (κ3) is 1.50. The zero-order valence-electron chi connectivity index (χ0n) is 9.03. The number of fused-ring (bicyclic) bond motifs is 1. The second-order valence-corrected chi connectivity index (χ2v) is 4.25. The second-order valence-electron chi connectivity index (χ2n) is 4.25. The Hall–Kier alpha value is -1.42. The molecule has 0 radical (unpaired) electrons. The summed E-state index contributed by atoms with van der Waals surface area (Å²) in [5, 5.41) is 0. The van der Waals surface area contributed by atoms with E-state index in [9.17, 15) is 4.39 Å². The zero-order chi connectivity index (χ0) is 11.1. The number of rotatable bonds is 1. The Bertz CT molecular complexity index is 523. The summed E-state index contributed by atoms with van der Waals surface area (Å²) in [6.07, 6.45) is 1.16. The van der Waals surface area contributed by atoms with E-state index in [1.807, 2.05) is 6.92 Å². The van der Waals surface area contributed by atoms with Crippen LogP contribution in [0.4, 0.5) is 4.39 Å². The highest BCUT2D eigenvalue weighted by atomic mass is 19.1. The van der Waals surface area contributed by atoms with E-state index in [2.05, 4.69) is 9.97 Å². The van der Waals surface area contributed by atoms with Crippen LogP contribution in [0.3, 0.4) is 0 Å². The number of H-pyrrole nitrogens is 1. The van der Waals surface area contributed by atoms with Crippen molar-refractivity contribution in [1.82, 2.24) is 9.97 Å². The van der Waals surface area contributed by atoms with Gasteiger partial charge in [-0.15, -0.1) is 0 Å². The minimum atomic E-state index is -0.238. The van der Waals surface area contributed by atoms with Gasteiger partial charge in [0.25, 0.3) is 0 Å². The van der Waals surface area contributed by atoms with Gasteiger partial charge in [-0.05, 0) is 31.5 Å².